The van der Waals surface area contributed by atoms with Crippen LogP contribution >= 0.6 is 0 Å². The number of hydrogen-bond acceptors (Lipinski definition) is 6. The number of methoxy groups -OCH3 is 1. The van der Waals surface area contributed by atoms with Gasteiger partial charge in [-0.25, -0.2) is 14.5 Å². The maximum absolute atomic E-state index is 11.5. The monoisotopic (exact) mass is 275 g/mol. The number of nitrogens with zero attached hydrogens (tertiary/aromatic N) is 3. The van der Waals surface area contributed by atoms with Crippen LogP contribution in [0.15, 0.2) is 24.5 Å². The van der Waals surface area contributed by atoms with Crippen molar-refractivity contribution in [3.63, 3.8) is 0 Å². The average Bonchev–Trinajstić information content (AvgIpc) is 2.94. The van der Waals surface area contributed by atoms with Gasteiger partial charge in [-0.05, 0) is 18.2 Å². The largest absolute Gasteiger partial charge is 0.463 e. The zero-order chi connectivity index (χ0) is 14.7. The first-order chi connectivity index (χ1) is 9.56. The lowest BCUT2D eigenvalue weighted by Crippen LogP contribution is -2.18. The first-order valence-electron chi connectivity index (χ1n) is 5.68. The number of nitrogens with one attached hydrogen (secondary N) is 1. The van der Waals surface area contributed by atoms with Crippen LogP contribution in [0.25, 0.3) is 5.69 Å². The van der Waals surface area contributed by atoms with Gasteiger partial charge in [0.05, 0.1) is 18.5 Å². The summed E-state index contributed by atoms with van der Waals surface area (Å²) in [6.45, 7) is 0. The molecule has 2 rings (SSSR count). The van der Waals surface area contributed by atoms with Crippen molar-refractivity contribution in [3.05, 3.63) is 35.9 Å². The van der Waals surface area contributed by atoms with Crippen LogP contribution in [0.5, 0.6) is 0 Å². The van der Waals surface area contributed by atoms with E-state index in [0.717, 1.165) is 0 Å². The Hall–Kier alpha value is -2.90. The second kappa shape index (κ2) is 5.39. The fourth-order valence-corrected chi connectivity index (χ4v) is 1.61. The van der Waals surface area contributed by atoms with Gasteiger partial charge in [-0.2, -0.15) is 0 Å². The van der Waals surface area contributed by atoms with Crippen molar-refractivity contribution in [2.75, 3.05) is 19.9 Å². The molecule has 0 saturated heterocycles. The van der Waals surface area contributed by atoms with Gasteiger partial charge in [0.1, 0.15) is 6.33 Å². The highest BCUT2D eigenvalue weighted by atomic mass is 16.5. The standard InChI is InChI=1S/C12H13N5O3/c1-14-11(18)7-3-4-9(8(13)5-7)17-6-15-10(16-17)12(19)20-2/h3-6H,13H2,1-2H3,(H,14,18). The number of hydrogen-bond donors (Lipinski definition) is 2. The maximum Gasteiger partial charge on any atom is 0.377 e. The van der Waals surface area contributed by atoms with Gasteiger partial charge in [0, 0.05) is 12.6 Å². The minimum absolute atomic E-state index is 0.0673. The number of aromatic nitrogens is 3. The number of rotatable bonds is 3. The lowest BCUT2D eigenvalue weighted by molar-refractivity contribution is 0.0586. The molecule has 0 saturated carbocycles. The van der Waals surface area contributed by atoms with Gasteiger partial charge in [-0.1, -0.05) is 0 Å². The summed E-state index contributed by atoms with van der Waals surface area (Å²) in [6.07, 6.45) is 1.34. The molecule has 20 heavy (non-hydrogen) atoms. The molecule has 1 amide bonds. The number of ether oxygens (including phenoxy) is 1. The van der Waals surface area contributed by atoms with E-state index in [-0.39, 0.29) is 11.7 Å². The van der Waals surface area contributed by atoms with Crippen molar-refractivity contribution in [1.82, 2.24) is 20.1 Å². The highest BCUT2D eigenvalue weighted by molar-refractivity contribution is 5.95. The Morgan fingerprint density at radius 2 is 2.15 bits per heavy atom. The Morgan fingerprint density at radius 1 is 1.40 bits per heavy atom. The van der Waals surface area contributed by atoms with Crippen LogP contribution in [0.1, 0.15) is 21.0 Å². The van der Waals surface area contributed by atoms with Gasteiger partial charge in [0.25, 0.3) is 11.7 Å². The lowest BCUT2D eigenvalue weighted by Gasteiger charge is -2.07. The SMILES string of the molecule is CNC(=O)c1ccc(-n2cnc(C(=O)OC)n2)c(N)c1. The van der Waals surface area contributed by atoms with E-state index >= 15 is 0 Å². The number of anilines is 1. The molecular formula is C12H13N5O3. The van der Waals surface area contributed by atoms with Crippen LogP contribution in [0.3, 0.4) is 0 Å². The van der Waals surface area contributed by atoms with Crippen molar-refractivity contribution in [2.45, 2.75) is 0 Å². The van der Waals surface area contributed by atoms with Crippen molar-refractivity contribution in [2.24, 2.45) is 0 Å². The van der Waals surface area contributed by atoms with E-state index in [0.29, 0.717) is 16.9 Å². The molecule has 0 unspecified atom stereocenters. The number of carbonyl (C=O) groups excluding carboxylic acids is 2. The van der Waals surface area contributed by atoms with Gasteiger partial charge in [0.15, 0.2) is 0 Å². The van der Waals surface area contributed by atoms with E-state index in [2.05, 4.69) is 20.1 Å². The van der Waals surface area contributed by atoms with E-state index in [1.54, 1.807) is 12.1 Å². The molecule has 0 bridgehead atoms. The maximum atomic E-state index is 11.5. The Bertz CT molecular complexity index is 665. The molecule has 0 aliphatic heterocycles. The minimum Gasteiger partial charge on any atom is -0.463 e. The normalized spacial score (nSPS) is 10.1. The van der Waals surface area contributed by atoms with E-state index in [9.17, 15) is 9.59 Å². The molecule has 0 atom stereocenters. The summed E-state index contributed by atoms with van der Waals surface area (Å²) in [5.74, 6) is -0.941. The molecular weight excluding hydrogens is 262 g/mol. The van der Waals surface area contributed by atoms with Crippen LogP contribution in [0.4, 0.5) is 5.69 Å². The van der Waals surface area contributed by atoms with Gasteiger partial charge in [-0.15, -0.1) is 5.10 Å². The molecule has 2 aromatic rings. The predicted octanol–water partition coefficient (Wildman–Crippen LogP) is -0.00430. The number of nitrogens with two attached hydrogens (primary N) is 1. The summed E-state index contributed by atoms with van der Waals surface area (Å²) >= 11 is 0. The number of carbonyl (C=O) groups is 2. The molecule has 8 nitrogen and oxygen atoms in total. The van der Waals surface area contributed by atoms with E-state index in [4.69, 9.17) is 5.73 Å². The topological polar surface area (TPSA) is 112 Å². The van der Waals surface area contributed by atoms with Crippen LogP contribution in [0.2, 0.25) is 0 Å². The summed E-state index contributed by atoms with van der Waals surface area (Å²) in [5.41, 5.74) is 7.17. The fraction of sp³-hybridized carbons (Fsp3) is 0.167. The molecule has 0 fully saturated rings. The third kappa shape index (κ3) is 2.44. The molecule has 1 aromatic heterocycles. The smallest absolute Gasteiger partial charge is 0.377 e. The number of amides is 1. The Balaban J connectivity index is 2.36. The van der Waals surface area contributed by atoms with Crippen LogP contribution < -0.4 is 11.1 Å². The van der Waals surface area contributed by atoms with Crippen molar-refractivity contribution in [3.8, 4) is 5.69 Å². The summed E-state index contributed by atoms with van der Waals surface area (Å²) in [7, 11) is 2.78. The summed E-state index contributed by atoms with van der Waals surface area (Å²) in [5, 5.41) is 6.46. The first-order valence-corrected chi connectivity index (χ1v) is 5.68. The van der Waals surface area contributed by atoms with Gasteiger partial charge >= 0.3 is 5.97 Å². The molecule has 104 valence electrons. The molecule has 8 heteroatoms. The molecule has 1 aromatic carbocycles. The van der Waals surface area contributed by atoms with E-state index in [1.165, 1.54) is 31.2 Å². The Kier molecular flexibility index (Phi) is 3.65. The quantitative estimate of drug-likeness (QED) is 0.602. The molecule has 0 spiro atoms. The van der Waals surface area contributed by atoms with E-state index < -0.39 is 5.97 Å². The molecule has 1 heterocycles. The zero-order valence-electron chi connectivity index (χ0n) is 11.0. The lowest BCUT2D eigenvalue weighted by atomic mass is 10.1. The summed E-state index contributed by atoms with van der Waals surface area (Å²) in [6, 6.07) is 4.74. The first kappa shape index (κ1) is 13.5. The third-order valence-electron chi connectivity index (χ3n) is 2.62. The second-order valence-corrected chi connectivity index (χ2v) is 3.86. The van der Waals surface area contributed by atoms with Crippen molar-refractivity contribution in [1.29, 1.82) is 0 Å². The molecule has 0 radical (unpaired) electrons. The van der Waals surface area contributed by atoms with Gasteiger partial charge in [0.2, 0.25) is 0 Å². The van der Waals surface area contributed by atoms with Gasteiger partial charge in [-0.3, -0.25) is 4.79 Å². The van der Waals surface area contributed by atoms with Crippen molar-refractivity contribution < 1.29 is 14.3 Å². The Morgan fingerprint density at radius 3 is 2.75 bits per heavy atom. The number of esters is 1. The summed E-state index contributed by atoms with van der Waals surface area (Å²) in [4.78, 5) is 26.6. The number of nitrogen functional groups attached to an aromatic ring is 1. The highest BCUT2D eigenvalue weighted by Gasteiger charge is 2.14. The second-order valence-electron chi connectivity index (χ2n) is 3.86. The van der Waals surface area contributed by atoms with Crippen molar-refractivity contribution >= 4 is 17.6 Å². The third-order valence-corrected chi connectivity index (χ3v) is 2.62. The highest BCUT2D eigenvalue weighted by Crippen LogP contribution is 2.18. The Labute approximate surface area is 114 Å². The fourth-order valence-electron chi connectivity index (χ4n) is 1.61. The van der Waals surface area contributed by atoms with Crippen LogP contribution in [-0.2, 0) is 4.74 Å². The molecule has 0 aliphatic carbocycles. The van der Waals surface area contributed by atoms with Crippen LogP contribution in [0, 0.1) is 0 Å². The average molecular weight is 275 g/mol. The zero-order valence-corrected chi connectivity index (χ0v) is 11.0. The van der Waals surface area contributed by atoms with Gasteiger partial charge < -0.3 is 15.8 Å². The predicted molar refractivity (Wildman–Crippen MR) is 70.5 cm³/mol. The van der Waals surface area contributed by atoms with Crippen LogP contribution in [-0.4, -0.2) is 40.8 Å². The number of benzene rings is 1. The summed E-state index contributed by atoms with van der Waals surface area (Å²) < 4.78 is 5.86. The minimum atomic E-state index is -0.635. The molecule has 0 aliphatic rings. The van der Waals surface area contributed by atoms with E-state index in [1.807, 2.05) is 0 Å². The molecule has 3 N–H and O–H groups in total.